The molecule has 0 saturated heterocycles. The molecule has 1 aliphatic rings. The fourth-order valence-corrected chi connectivity index (χ4v) is 4.20. The molecule has 0 bridgehead atoms. The fourth-order valence-electron chi connectivity index (χ4n) is 3.29. The first-order chi connectivity index (χ1) is 12.2. The summed E-state index contributed by atoms with van der Waals surface area (Å²) in [7, 11) is 0. The molecule has 3 aromatic rings. The molecule has 2 heterocycles. The minimum absolute atomic E-state index is 0.140. The van der Waals surface area contributed by atoms with Gasteiger partial charge in [0.05, 0.1) is 15.8 Å². The highest BCUT2D eigenvalue weighted by Gasteiger charge is 2.25. The highest BCUT2D eigenvalue weighted by molar-refractivity contribution is 8.00. The van der Waals surface area contributed by atoms with Crippen LogP contribution in [0, 0.1) is 0 Å². The van der Waals surface area contributed by atoms with Crippen LogP contribution < -0.4 is 0 Å². The predicted molar refractivity (Wildman–Crippen MR) is 103 cm³/mol. The zero-order valence-corrected chi connectivity index (χ0v) is 15.0. The number of hydrogen-bond donors (Lipinski definition) is 0. The molecule has 1 aliphatic heterocycles. The quantitative estimate of drug-likeness (QED) is 0.662. The number of aromatic nitrogens is 1. The Morgan fingerprint density at radius 3 is 2.68 bits per heavy atom. The molecular weight excluding hydrogens is 328 g/mol. The van der Waals surface area contributed by atoms with E-state index in [4.69, 9.17) is 0 Å². The number of hydrogen-bond acceptors (Lipinski definition) is 3. The van der Waals surface area contributed by atoms with E-state index in [0.717, 1.165) is 28.9 Å². The number of nitrogens with zero attached hydrogens (tertiary/aromatic N) is 2. The van der Waals surface area contributed by atoms with Crippen LogP contribution in [0.15, 0.2) is 65.7 Å². The van der Waals surface area contributed by atoms with Gasteiger partial charge in [-0.2, -0.15) is 0 Å². The molecule has 0 radical (unpaired) electrons. The van der Waals surface area contributed by atoms with Crippen LogP contribution in [-0.4, -0.2) is 27.6 Å². The van der Waals surface area contributed by atoms with Crippen molar-refractivity contribution in [3.8, 4) is 0 Å². The van der Waals surface area contributed by atoms with Gasteiger partial charge in [0.15, 0.2) is 0 Å². The van der Waals surface area contributed by atoms with Crippen molar-refractivity contribution in [2.45, 2.75) is 30.2 Å². The van der Waals surface area contributed by atoms with E-state index in [1.807, 2.05) is 42.2 Å². The molecule has 3 nitrogen and oxygen atoms in total. The number of benzene rings is 2. The van der Waals surface area contributed by atoms with Gasteiger partial charge < -0.3 is 4.90 Å². The van der Waals surface area contributed by atoms with Gasteiger partial charge in [0.1, 0.15) is 0 Å². The van der Waals surface area contributed by atoms with Crippen LogP contribution in [0.1, 0.15) is 18.1 Å². The normalized spacial score (nSPS) is 15.0. The van der Waals surface area contributed by atoms with Crippen LogP contribution in [0.25, 0.3) is 10.9 Å². The third kappa shape index (κ3) is 3.40. The summed E-state index contributed by atoms with van der Waals surface area (Å²) in [6, 6.07) is 20.5. The predicted octanol–water partition coefficient (Wildman–Crippen LogP) is 4.30. The third-order valence-electron chi connectivity index (χ3n) is 4.66. The highest BCUT2D eigenvalue weighted by Crippen LogP contribution is 2.27. The average Bonchev–Trinajstić information content (AvgIpc) is 2.67. The molecular formula is C21H20N2OS. The van der Waals surface area contributed by atoms with Gasteiger partial charge in [0.25, 0.3) is 0 Å². The summed E-state index contributed by atoms with van der Waals surface area (Å²) in [5.74, 6) is 0.189. The van der Waals surface area contributed by atoms with Gasteiger partial charge in [0.2, 0.25) is 5.91 Å². The van der Waals surface area contributed by atoms with E-state index >= 15 is 0 Å². The van der Waals surface area contributed by atoms with E-state index < -0.39 is 0 Å². The zero-order chi connectivity index (χ0) is 17.2. The van der Waals surface area contributed by atoms with Crippen LogP contribution >= 0.6 is 11.8 Å². The van der Waals surface area contributed by atoms with Crippen LogP contribution in [0.3, 0.4) is 0 Å². The number of carbonyl (C=O) groups excluding carboxylic acids is 1. The Kier molecular flexibility index (Phi) is 4.45. The standard InChI is InChI=1S/C21H20N2OS/c1-15(25-20-11-10-17-7-4-5-9-19(17)22-20)21(24)23-13-12-16-6-2-3-8-18(16)14-23/h2-11,15H,12-14H2,1H3/t15-/m1/s1. The van der Waals surface area contributed by atoms with Crippen molar-refractivity contribution in [3.05, 3.63) is 71.8 Å². The number of thioether (sulfide) groups is 1. The van der Waals surface area contributed by atoms with Crippen LogP contribution in [0.5, 0.6) is 0 Å². The van der Waals surface area contributed by atoms with Crippen molar-refractivity contribution >= 4 is 28.6 Å². The number of rotatable bonds is 3. The van der Waals surface area contributed by atoms with Gasteiger partial charge >= 0.3 is 0 Å². The monoisotopic (exact) mass is 348 g/mol. The van der Waals surface area contributed by atoms with Crippen LogP contribution in [0.4, 0.5) is 0 Å². The van der Waals surface area contributed by atoms with Gasteiger partial charge in [-0.25, -0.2) is 4.98 Å². The molecule has 0 spiro atoms. The molecule has 0 N–H and O–H groups in total. The van der Waals surface area contributed by atoms with Crippen molar-refractivity contribution in [2.75, 3.05) is 6.54 Å². The zero-order valence-electron chi connectivity index (χ0n) is 14.2. The molecule has 1 aromatic heterocycles. The van der Waals surface area contributed by atoms with E-state index in [9.17, 15) is 4.79 Å². The second-order valence-electron chi connectivity index (χ2n) is 6.38. The number of amides is 1. The minimum Gasteiger partial charge on any atom is -0.337 e. The Balaban J connectivity index is 1.47. The molecule has 4 heteroatoms. The maximum Gasteiger partial charge on any atom is 0.236 e. The molecule has 0 fully saturated rings. The van der Waals surface area contributed by atoms with E-state index in [-0.39, 0.29) is 11.2 Å². The Hall–Kier alpha value is -2.33. The summed E-state index contributed by atoms with van der Waals surface area (Å²) in [5.41, 5.74) is 3.60. The van der Waals surface area contributed by atoms with Crippen LogP contribution in [0.2, 0.25) is 0 Å². The lowest BCUT2D eigenvalue weighted by Gasteiger charge is -2.30. The smallest absolute Gasteiger partial charge is 0.236 e. The van der Waals surface area contributed by atoms with E-state index in [1.165, 1.54) is 22.9 Å². The van der Waals surface area contributed by atoms with Gasteiger partial charge in [-0.3, -0.25) is 4.79 Å². The number of pyridine rings is 1. The molecule has 0 saturated carbocycles. The van der Waals surface area contributed by atoms with Crippen molar-refractivity contribution in [1.82, 2.24) is 9.88 Å². The molecule has 0 aliphatic carbocycles. The van der Waals surface area contributed by atoms with Crippen LogP contribution in [-0.2, 0) is 17.8 Å². The Labute approximate surface area is 152 Å². The van der Waals surface area contributed by atoms with Crippen molar-refractivity contribution < 1.29 is 4.79 Å². The number of fused-ring (bicyclic) bond motifs is 2. The van der Waals surface area contributed by atoms with Gasteiger partial charge in [-0.05, 0) is 36.6 Å². The fraction of sp³-hybridized carbons (Fsp3) is 0.238. The highest BCUT2D eigenvalue weighted by atomic mass is 32.2. The van der Waals surface area contributed by atoms with Crippen molar-refractivity contribution in [2.24, 2.45) is 0 Å². The van der Waals surface area contributed by atoms with Crippen molar-refractivity contribution in [1.29, 1.82) is 0 Å². The number of para-hydroxylation sites is 1. The van der Waals surface area contributed by atoms with Crippen molar-refractivity contribution in [3.63, 3.8) is 0 Å². The number of carbonyl (C=O) groups is 1. The molecule has 25 heavy (non-hydrogen) atoms. The first-order valence-corrected chi connectivity index (χ1v) is 9.47. The summed E-state index contributed by atoms with van der Waals surface area (Å²) in [5, 5.41) is 1.88. The topological polar surface area (TPSA) is 33.2 Å². The molecule has 0 unspecified atom stereocenters. The Morgan fingerprint density at radius 2 is 1.80 bits per heavy atom. The molecule has 2 aromatic carbocycles. The second kappa shape index (κ2) is 6.89. The minimum atomic E-state index is -0.140. The summed E-state index contributed by atoms with van der Waals surface area (Å²) in [6.07, 6.45) is 0.938. The maximum atomic E-state index is 12.9. The molecule has 1 amide bonds. The SMILES string of the molecule is C[C@@H](Sc1ccc2ccccc2n1)C(=O)N1CCc2ccccc2C1. The first kappa shape index (κ1) is 16.2. The first-order valence-electron chi connectivity index (χ1n) is 8.59. The van der Waals surface area contributed by atoms with E-state index in [1.54, 1.807) is 0 Å². The van der Waals surface area contributed by atoms with Gasteiger partial charge in [0, 0.05) is 18.5 Å². The lowest BCUT2D eigenvalue weighted by Crippen LogP contribution is -2.40. The van der Waals surface area contributed by atoms with E-state index in [0.29, 0.717) is 6.54 Å². The summed E-state index contributed by atoms with van der Waals surface area (Å²) in [4.78, 5) is 19.5. The summed E-state index contributed by atoms with van der Waals surface area (Å²) in [6.45, 7) is 3.49. The molecule has 126 valence electrons. The Morgan fingerprint density at radius 1 is 1.04 bits per heavy atom. The lowest BCUT2D eigenvalue weighted by atomic mass is 10.00. The van der Waals surface area contributed by atoms with E-state index in [2.05, 4.69) is 35.3 Å². The average molecular weight is 348 g/mol. The third-order valence-corrected chi connectivity index (χ3v) is 5.68. The second-order valence-corrected chi connectivity index (χ2v) is 7.74. The summed E-state index contributed by atoms with van der Waals surface area (Å²) < 4.78 is 0. The van der Waals surface area contributed by atoms with Gasteiger partial charge in [-0.1, -0.05) is 60.3 Å². The lowest BCUT2D eigenvalue weighted by molar-refractivity contribution is -0.131. The summed E-state index contributed by atoms with van der Waals surface area (Å²) >= 11 is 1.54. The maximum absolute atomic E-state index is 12.9. The largest absolute Gasteiger partial charge is 0.337 e. The molecule has 4 rings (SSSR count). The van der Waals surface area contributed by atoms with Gasteiger partial charge in [-0.15, -0.1) is 0 Å². The molecule has 1 atom stereocenters. The Bertz CT molecular complexity index is 924.